The lowest BCUT2D eigenvalue weighted by Gasteiger charge is -2.20. The van der Waals surface area contributed by atoms with Gasteiger partial charge in [-0.1, -0.05) is 47.1 Å². The third kappa shape index (κ3) is 5.16. The van der Waals surface area contributed by atoms with Crippen LogP contribution in [0.5, 0.6) is 0 Å². The second kappa shape index (κ2) is 8.07. The van der Waals surface area contributed by atoms with Crippen molar-refractivity contribution in [3.63, 3.8) is 0 Å². The number of aromatic nitrogens is 3. The zero-order chi connectivity index (χ0) is 22.1. The quantitative estimate of drug-likeness (QED) is 0.304. The number of hydrogen-bond acceptors (Lipinski definition) is 6. The Morgan fingerprint density at radius 2 is 1.73 bits per heavy atom. The van der Waals surface area contributed by atoms with Gasteiger partial charge in [-0.25, -0.2) is 19.3 Å². The maximum Gasteiger partial charge on any atom is 0.420 e. The molecule has 0 unspecified atom stereocenters. The van der Waals surface area contributed by atoms with E-state index in [4.69, 9.17) is 21.2 Å². The Bertz CT molecular complexity index is 1090. The maximum absolute atomic E-state index is 13.0. The topological polar surface area (TPSA) is 78.6 Å². The Kier molecular flexibility index (Phi) is 5.85. The number of ether oxygens (including phenoxy) is 1. The molecule has 0 N–H and O–H groups in total. The van der Waals surface area contributed by atoms with Gasteiger partial charge in [-0.15, -0.1) is 0 Å². The molecule has 0 aliphatic carbocycles. The number of oxime groups is 1. The minimum Gasteiger partial charge on any atom is -0.443 e. The van der Waals surface area contributed by atoms with Crippen molar-refractivity contribution in [2.45, 2.75) is 52.7 Å². The van der Waals surface area contributed by atoms with Crippen LogP contribution in [0.2, 0.25) is 5.15 Å². The molecule has 2 aromatic heterocycles. The molecule has 30 heavy (non-hydrogen) atoms. The smallest absolute Gasteiger partial charge is 0.420 e. The van der Waals surface area contributed by atoms with Crippen LogP contribution in [-0.4, -0.2) is 38.0 Å². The Labute approximate surface area is 180 Å². The zero-order valence-electron chi connectivity index (χ0n) is 17.9. The Balaban J connectivity index is 2.18. The molecule has 8 heteroatoms. The normalized spacial score (nSPS) is 12.5. The average Bonchev–Trinajstić information content (AvgIpc) is 2.99. The van der Waals surface area contributed by atoms with Crippen LogP contribution in [0.3, 0.4) is 0 Å². The molecule has 0 saturated heterocycles. The molecule has 0 aliphatic rings. The van der Waals surface area contributed by atoms with Gasteiger partial charge in [-0.3, -0.25) is 0 Å². The monoisotopic (exact) mass is 428 g/mol. The summed E-state index contributed by atoms with van der Waals surface area (Å²) in [7, 11) is 0. The van der Waals surface area contributed by atoms with E-state index in [2.05, 4.69) is 15.1 Å². The number of nitrogens with zero attached hydrogens (tertiary/aromatic N) is 4. The van der Waals surface area contributed by atoms with Crippen LogP contribution in [0.25, 0.3) is 22.4 Å². The highest BCUT2D eigenvalue weighted by molar-refractivity contribution is 6.34. The lowest BCUT2D eigenvalue weighted by atomic mass is 10.2. The minimum absolute atomic E-state index is 0.229. The molecule has 3 aromatic rings. The van der Waals surface area contributed by atoms with Crippen molar-refractivity contribution in [3.8, 4) is 11.4 Å². The van der Waals surface area contributed by atoms with E-state index in [0.29, 0.717) is 22.6 Å². The van der Waals surface area contributed by atoms with E-state index in [-0.39, 0.29) is 5.15 Å². The fraction of sp³-hybridized carbons (Fsp3) is 0.364. The summed E-state index contributed by atoms with van der Waals surface area (Å²) in [6.07, 6.45) is 0.846. The molecule has 2 heterocycles. The Hall–Kier alpha value is -2.93. The molecular formula is C22H25ClN4O3. The van der Waals surface area contributed by atoms with E-state index >= 15 is 0 Å². The number of carbonyl (C=O) groups excluding carboxylic acids is 1. The molecule has 1 aromatic carbocycles. The van der Waals surface area contributed by atoms with Crippen molar-refractivity contribution >= 4 is 34.9 Å². The number of benzene rings is 1. The minimum atomic E-state index is -0.691. The summed E-state index contributed by atoms with van der Waals surface area (Å²) in [5, 5.41) is 4.76. The highest BCUT2D eigenvalue weighted by Gasteiger charge is 2.24. The second-order valence-corrected chi connectivity index (χ2v) is 9.12. The predicted octanol–water partition coefficient (Wildman–Crippen LogP) is 5.68. The van der Waals surface area contributed by atoms with Gasteiger partial charge in [0.15, 0.2) is 11.5 Å². The third-order valence-corrected chi connectivity index (χ3v) is 4.05. The summed E-state index contributed by atoms with van der Waals surface area (Å²) in [4.78, 5) is 27.4. The molecule has 0 bridgehead atoms. The molecule has 0 fully saturated rings. The van der Waals surface area contributed by atoms with Gasteiger partial charge < -0.3 is 9.57 Å². The largest absolute Gasteiger partial charge is 0.443 e. The molecule has 7 nitrogen and oxygen atoms in total. The highest BCUT2D eigenvalue weighted by atomic mass is 35.5. The van der Waals surface area contributed by atoms with Crippen LogP contribution in [-0.2, 0) is 9.57 Å². The van der Waals surface area contributed by atoms with Gasteiger partial charge in [0.2, 0.25) is 0 Å². The van der Waals surface area contributed by atoms with Gasteiger partial charge in [0.05, 0.1) is 17.3 Å². The Morgan fingerprint density at radius 1 is 1.07 bits per heavy atom. The van der Waals surface area contributed by atoms with Crippen molar-refractivity contribution in [2.24, 2.45) is 5.16 Å². The highest BCUT2D eigenvalue weighted by Crippen LogP contribution is 2.28. The number of rotatable bonds is 3. The molecule has 0 atom stereocenters. The lowest BCUT2D eigenvalue weighted by Crippen LogP contribution is -2.28. The lowest BCUT2D eigenvalue weighted by molar-refractivity contribution is 0.00194. The summed E-state index contributed by atoms with van der Waals surface area (Å²) < 4.78 is 6.91. The first kappa shape index (κ1) is 21.8. The van der Waals surface area contributed by atoms with E-state index < -0.39 is 17.3 Å². The van der Waals surface area contributed by atoms with E-state index in [0.717, 1.165) is 5.56 Å². The number of halogens is 1. The van der Waals surface area contributed by atoms with Crippen LogP contribution < -0.4 is 0 Å². The Morgan fingerprint density at radius 3 is 2.33 bits per heavy atom. The van der Waals surface area contributed by atoms with Gasteiger partial charge in [0.25, 0.3) is 0 Å². The van der Waals surface area contributed by atoms with Crippen LogP contribution in [0.15, 0.2) is 41.6 Å². The first-order valence-electron chi connectivity index (χ1n) is 9.54. The third-order valence-electron chi connectivity index (χ3n) is 3.76. The van der Waals surface area contributed by atoms with Crippen LogP contribution in [0, 0.1) is 0 Å². The van der Waals surface area contributed by atoms with Gasteiger partial charge in [-0.05, 0) is 47.6 Å². The summed E-state index contributed by atoms with van der Waals surface area (Å²) in [5.41, 5.74) is 0.370. The predicted molar refractivity (Wildman–Crippen MR) is 118 cm³/mol. The first-order chi connectivity index (χ1) is 13.9. The molecule has 0 saturated carbocycles. The van der Waals surface area contributed by atoms with Crippen LogP contribution >= 0.6 is 11.6 Å². The van der Waals surface area contributed by atoms with Crippen molar-refractivity contribution in [3.05, 3.63) is 47.2 Å². The van der Waals surface area contributed by atoms with Gasteiger partial charge in [0.1, 0.15) is 16.4 Å². The van der Waals surface area contributed by atoms with Crippen LogP contribution in [0.1, 0.15) is 47.2 Å². The fourth-order valence-corrected chi connectivity index (χ4v) is 2.83. The summed E-state index contributed by atoms with van der Waals surface area (Å²) >= 11 is 6.45. The maximum atomic E-state index is 13.0. The summed E-state index contributed by atoms with van der Waals surface area (Å²) in [6, 6.07) is 11.1. The van der Waals surface area contributed by atoms with E-state index in [1.807, 2.05) is 51.1 Å². The molecule has 0 aliphatic heterocycles. The average molecular weight is 429 g/mol. The summed E-state index contributed by atoms with van der Waals surface area (Å²) in [6.45, 7) is 11.0. The molecule has 3 rings (SSSR count). The SMILES string of the molecule is CC(C)(C)ON=Cc1cc2c(Cl)nc(-c3ccccc3)nc2n1C(=O)OC(C)(C)C. The van der Waals surface area contributed by atoms with Crippen LogP contribution in [0.4, 0.5) is 4.79 Å². The zero-order valence-corrected chi connectivity index (χ0v) is 18.7. The molecular weight excluding hydrogens is 404 g/mol. The standard InChI is InChI=1S/C22H25ClN4O3/c1-21(2,3)29-20(28)27-15(13-24-30-22(4,5)6)12-16-17(23)25-18(26-19(16)27)14-10-8-7-9-11-14/h7-13H,1-6H3. The fourth-order valence-electron chi connectivity index (χ4n) is 2.61. The molecule has 0 spiro atoms. The van der Waals surface area contributed by atoms with Gasteiger partial charge >= 0.3 is 6.09 Å². The number of fused-ring (bicyclic) bond motifs is 1. The van der Waals surface area contributed by atoms with Crippen molar-refractivity contribution in [2.75, 3.05) is 0 Å². The second-order valence-electron chi connectivity index (χ2n) is 8.76. The molecule has 158 valence electrons. The van der Waals surface area contributed by atoms with Gasteiger partial charge in [-0.2, -0.15) is 0 Å². The van der Waals surface area contributed by atoms with Crippen molar-refractivity contribution in [1.82, 2.24) is 14.5 Å². The first-order valence-corrected chi connectivity index (χ1v) is 9.92. The number of hydrogen-bond donors (Lipinski definition) is 0. The van der Waals surface area contributed by atoms with Gasteiger partial charge in [0, 0.05) is 5.56 Å². The number of carbonyl (C=O) groups is 1. The van der Waals surface area contributed by atoms with E-state index in [9.17, 15) is 4.79 Å². The van der Waals surface area contributed by atoms with Crippen molar-refractivity contribution in [1.29, 1.82) is 0 Å². The molecule has 0 amide bonds. The van der Waals surface area contributed by atoms with Crippen molar-refractivity contribution < 1.29 is 14.4 Å². The van der Waals surface area contributed by atoms with E-state index in [1.165, 1.54) is 10.8 Å². The molecule has 0 radical (unpaired) electrons. The van der Waals surface area contributed by atoms with E-state index in [1.54, 1.807) is 26.8 Å². The summed E-state index contributed by atoms with van der Waals surface area (Å²) in [5.74, 6) is 0.408.